The van der Waals surface area contributed by atoms with E-state index in [1.54, 1.807) is 13.8 Å². The summed E-state index contributed by atoms with van der Waals surface area (Å²) < 4.78 is 0. The van der Waals surface area contributed by atoms with Crippen molar-refractivity contribution in [3.63, 3.8) is 0 Å². The third kappa shape index (κ3) is 1.83. The molecular formula is C15H11N3. The predicted molar refractivity (Wildman–Crippen MR) is 68.6 cm³/mol. The minimum absolute atomic E-state index is 0.475. The van der Waals surface area contributed by atoms with Crippen LogP contribution in [0.4, 0.5) is 0 Å². The van der Waals surface area contributed by atoms with E-state index < -0.39 is 0 Å². The van der Waals surface area contributed by atoms with Gasteiger partial charge in [-0.2, -0.15) is 10.5 Å². The molecule has 0 amide bonds. The second kappa shape index (κ2) is 4.69. The molecule has 3 nitrogen and oxygen atoms in total. The fraction of sp³-hybridized carbons (Fsp3) is 0.133. The summed E-state index contributed by atoms with van der Waals surface area (Å²) in [5.74, 6) is 0. The monoisotopic (exact) mass is 233 g/mol. The van der Waals surface area contributed by atoms with E-state index in [-0.39, 0.29) is 0 Å². The molecule has 0 radical (unpaired) electrons. The first-order chi connectivity index (χ1) is 8.69. The Hall–Kier alpha value is -2.65. The van der Waals surface area contributed by atoms with E-state index in [0.717, 1.165) is 5.56 Å². The summed E-state index contributed by atoms with van der Waals surface area (Å²) in [5.41, 5.74) is 3.87. The molecule has 1 heterocycles. The van der Waals surface area contributed by atoms with Crippen LogP contribution in [0.5, 0.6) is 0 Å². The summed E-state index contributed by atoms with van der Waals surface area (Å²) in [6.07, 6.45) is 0. The van der Waals surface area contributed by atoms with Gasteiger partial charge in [-0.05, 0) is 19.4 Å². The van der Waals surface area contributed by atoms with Crippen LogP contribution in [0.25, 0.3) is 11.3 Å². The number of aryl methyl sites for hydroxylation is 1. The summed E-state index contributed by atoms with van der Waals surface area (Å²) in [7, 11) is 0. The molecule has 2 aromatic rings. The SMILES string of the molecule is Cc1nc(-c2ccccc2)c(C#N)c(C)c1C#N. The van der Waals surface area contributed by atoms with Gasteiger partial charge >= 0.3 is 0 Å². The lowest BCUT2D eigenvalue weighted by molar-refractivity contribution is 1.14. The number of hydrogen-bond donors (Lipinski definition) is 0. The van der Waals surface area contributed by atoms with Gasteiger partial charge < -0.3 is 0 Å². The third-order valence-electron chi connectivity index (χ3n) is 2.90. The van der Waals surface area contributed by atoms with Crippen LogP contribution in [0.2, 0.25) is 0 Å². The van der Waals surface area contributed by atoms with Crippen molar-refractivity contribution < 1.29 is 0 Å². The van der Waals surface area contributed by atoms with Gasteiger partial charge in [-0.3, -0.25) is 4.98 Å². The maximum atomic E-state index is 9.27. The highest BCUT2D eigenvalue weighted by molar-refractivity contribution is 5.70. The van der Waals surface area contributed by atoms with Crippen LogP contribution in [0.3, 0.4) is 0 Å². The first-order valence-electron chi connectivity index (χ1n) is 5.56. The number of rotatable bonds is 1. The highest BCUT2D eigenvalue weighted by Crippen LogP contribution is 2.26. The Morgan fingerprint density at radius 2 is 1.56 bits per heavy atom. The van der Waals surface area contributed by atoms with Gasteiger partial charge in [-0.25, -0.2) is 0 Å². The van der Waals surface area contributed by atoms with Crippen LogP contribution in [0.1, 0.15) is 22.4 Å². The fourth-order valence-electron chi connectivity index (χ4n) is 1.96. The van der Waals surface area contributed by atoms with Crippen molar-refractivity contribution >= 4 is 0 Å². The van der Waals surface area contributed by atoms with Gasteiger partial charge in [0.15, 0.2) is 0 Å². The van der Waals surface area contributed by atoms with Crippen LogP contribution in [0, 0.1) is 36.5 Å². The summed E-state index contributed by atoms with van der Waals surface area (Å²) in [5, 5.41) is 18.4. The number of nitriles is 2. The summed E-state index contributed by atoms with van der Waals surface area (Å²) in [6.45, 7) is 3.58. The molecule has 0 bridgehead atoms. The Labute approximate surface area is 106 Å². The van der Waals surface area contributed by atoms with Crippen molar-refractivity contribution in [2.75, 3.05) is 0 Å². The lowest BCUT2D eigenvalue weighted by atomic mass is 9.97. The number of nitrogens with zero attached hydrogens (tertiary/aromatic N) is 3. The van der Waals surface area contributed by atoms with Crippen LogP contribution >= 0.6 is 0 Å². The molecule has 0 aliphatic carbocycles. The van der Waals surface area contributed by atoms with Gasteiger partial charge in [0, 0.05) is 5.56 Å². The number of aromatic nitrogens is 1. The number of benzene rings is 1. The zero-order chi connectivity index (χ0) is 13.1. The molecule has 0 saturated carbocycles. The summed E-state index contributed by atoms with van der Waals surface area (Å²) in [6, 6.07) is 13.8. The van der Waals surface area contributed by atoms with Crippen molar-refractivity contribution in [1.82, 2.24) is 4.98 Å². The molecule has 18 heavy (non-hydrogen) atoms. The molecule has 0 N–H and O–H groups in total. The van der Waals surface area contributed by atoms with Crippen LogP contribution < -0.4 is 0 Å². The molecule has 0 aliphatic rings. The number of hydrogen-bond acceptors (Lipinski definition) is 3. The van der Waals surface area contributed by atoms with E-state index in [4.69, 9.17) is 5.26 Å². The second-order valence-electron chi connectivity index (χ2n) is 4.01. The maximum absolute atomic E-state index is 9.27. The van der Waals surface area contributed by atoms with Gasteiger partial charge in [0.1, 0.15) is 12.1 Å². The van der Waals surface area contributed by atoms with Gasteiger partial charge in [-0.1, -0.05) is 30.3 Å². The highest BCUT2D eigenvalue weighted by atomic mass is 14.7. The molecule has 86 valence electrons. The smallest absolute Gasteiger partial charge is 0.102 e. The Bertz CT molecular complexity index is 674. The quantitative estimate of drug-likeness (QED) is 0.760. The average molecular weight is 233 g/mol. The van der Waals surface area contributed by atoms with E-state index in [9.17, 15) is 5.26 Å². The Balaban J connectivity index is 2.79. The van der Waals surface area contributed by atoms with E-state index in [1.165, 1.54) is 0 Å². The lowest BCUT2D eigenvalue weighted by Crippen LogP contribution is -2.00. The Kier molecular flexibility index (Phi) is 3.08. The largest absolute Gasteiger partial charge is 0.250 e. The van der Waals surface area contributed by atoms with Gasteiger partial charge in [0.25, 0.3) is 0 Å². The molecule has 0 atom stereocenters. The summed E-state index contributed by atoms with van der Waals surface area (Å²) in [4.78, 5) is 4.40. The first kappa shape index (κ1) is 11.8. The Morgan fingerprint density at radius 3 is 2.11 bits per heavy atom. The van der Waals surface area contributed by atoms with E-state index in [0.29, 0.717) is 28.1 Å². The van der Waals surface area contributed by atoms with Gasteiger partial charge in [0.05, 0.1) is 22.5 Å². The van der Waals surface area contributed by atoms with Crippen LogP contribution in [0.15, 0.2) is 30.3 Å². The van der Waals surface area contributed by atoms with Crippen molar-refractivity contribution in [2.24, 2.45) is 0 Å². The molecule has 0 saturated heterocycles. The van der Waals surface area contributed by atoms with E-state index in [1.807, 2.05) is 30.3 Å². The van der Waals surface area contributed by atoms with Gasteiger partial charge in [0.2, 0.25) is 0 Å². The molecule has 0 unspecified atom stereocenters. The summed E-state index contributed by atoms with van der Waals surface area (Å²) >= 11 is 0. The molecule has 0 fully saturated rings. The fourth-order valence-corrected chi connectivity index (χ4v) is 1.96. The van der Waals surface area contributed by atoms with Crippen molar-refractivity contribution in [2.45, 2.75) is 13.8 Å². The second-order valence-corrected chi connectivity index (χ2v) is 4.01. The van der Waals surface area contributed by atoms with Crippen molar-refractivity contribution in [1.29, 1.82) is 10.5 Å². The zero-order valence-corrected chi connectivity index (χ0v) is 10.2. The number of pyridine rings is 1. The average Bonchev–Trinajstić information content (AvgIpc) is 2.39. The Morgan fingerprint density at radius 1 is 0.944 bits per heavy atom. The molecule has 0 aliphatic heterocycles. The molecule has 1 aromatic heterocycles. The highest BCUT2D eigenvalue weighted by Gasteiger charge is 2.15. The first-order valence-corrected chi connectivity index (χ1v) is 5.56. The molecule has 2 rings (SSSR count). The van der Waals surface area contributed by atoms with Crippen LogP contribution in [-0.2, 0) is 0 Å². The van der Waals surface area contributed by atoms with Gasteiger partial charge in [-0.15, -0.1) is 0 Å². The molecule has 3 heteroatoms. The lowest BCUT2D eigenvalue weighted by Gasteiger charge is -2.10. The normalized spacial score (nSPS) is 9.56. The van der Waals surface area contributed by atoms with Crippen molar-refractivity contribution in [3.05, 3.63) is 52.7 Å². The molecular weight excluding hydrogens is 222 g/mol. The predicted octanol–water partition coefficient (Wildman–Crippen LogP) is 3.11. The molecule has 0 spiro atoms. The molecule has 1 aromatic carbocycles. The van der Waals surface area contributed by atoms with Crippen molar-refractivity contribution in [3.8, 4) is 23.4 Å². The van der Waals surface area contributed by atoms with E-state index >= 15 is 0 Å². The third-order valence-corrected chi connectivity index (χ3v) is 2.90. The topological polar surface area (TPSA) is 60.5 Å². The van der Waals surface area contributed by atoms with E-state index in [2.05, 4.69) is 17.1 Å². The standard InChI is InChI=1S/C15H11N3/c1-10-13(8-16)11(2)18-15(14(10)9-17)12-6-4-3-5-7-12/h3-7H,1-2H3. The minimum Gasteiger partial charge on any atom is -0.250 e. The zero-order valence-electron chi connectivity index (χ0n) is 10.2. The van der Waals surface area contributed by atoms with Crippen LogP contribution in [-0.4, -0.2) is 4.98 Å². The maximum Gasteiger partial charge on any atom is 0.102 e. The minimum atomic E-state index is 0.475.